The highest BCUT2D eigenvalue weighted by Gasteiger charge is 2.32. The van der Waals surface area contributed by atoms with Gasteiger partial charge < -0.3 is 9.72 Å². The van der Waals surface area contributed by atoms with Gasteiger partial charge in [0.1, 0.15) is 0 Å². The van der Waals surface area contributed by atoms with Crippen LogP contribution in [0, 0.1) is 0 Å². The molecule has 0 radical (unpaired) electrons. The Morgan fingerprint density at radius 2 is 2.08 bits per heavy atom. The molecule has 1 aromatic heterocycles. The summed E-state index contributed by atoms with van der Waals surface area (Å²) in [6.07, 6.45) is 1.32. The third-order valence-electron chi connectivity index (χ3n) is 5.14. The van der Waals surface area contributed by atoms with E-state index in [0.717, 1.165) is 35.2 Å². The Morgan fingerprint density at radius 1 is 1.27 bits per heavy atom. The summed E-state index contributed by atoms with van der Waals surface area (Å²) in [5, 5.41) is 1.24. The number of rotatable bonds is 4. The maximum Gasteiger partial charge on any atom is 0.307 e. The van der Waals surface area contributed by atoms with Crippen LogP contribution < -0.4 is 0 Å². The van der Waals surface area contributed by atoms with Gasteiger partial charge in [-0.3, -0.25) is 9.69 Å². The highest BCUT2D eigenvalue weighted by Crippen LogP contribution is 2.38. The second kappa shape index (κ2) is 7.25. The van der Waals surface area contributed by atoms with Crippen LogP contribution in [0.15, 0.2) is 53.0 Å². The third-order valence-corrected chi connectivity index (χ3v) is 5.63. The number of carbonyl (C=O) groups is 1. The van der Waals surface area contributed by atoms with Gasteiger partial charge in [-0.1, -0.05) is 46.3 Å². The summed E-state index contributed by atoms with van der Waals surface area (Å²) < 4.78 is 6.04. The zero-order chi connectivity index (χ0) is 18.1. The molecule has 1 unspecified atom stereocenters. The molecule has 1 N–H and O–H groups in total. The van der Waals surface area contributed by atoms with Crippen LogP contribution in [-0.4, -0.2) is 29.5 Å². The average Bonchev–Trinajstić information content (AvgIpc) is 3.02. The Balaban J connectivity index is 1.73. The van der Waals surface area contributed by atoms with E-state index in [1.54, 1.807) is 0 Å². The highest BCUT2D eigenvalue weighted by molar-refractivity contribution is 9.10. The molecule has 0 amide bonds. The number of halogens is 1. The predicted molar refractivity (Wildman–Crippen MR) is 106 cm³/mol. The molecule has 1 atom stereocenters. The Bertz CT molecular complexity index is 936. The maximum absolute atomic E-state index is 12.1. The molecule has 3 aromatic rings. The summed E-state index contributed by atoms with van der Waals surface area (Å²) in [6.45, 7) is 1.74. The van der Waals surface area contributed by atoms with Gasteiger partial charge in [-0.2, -0.15) is 0 Å². The number of methoxy groups -OCH3 is 1. The molecule has 4 rings (SSSR count). The number of aromatic nitrogens is 1. The quantitative estimate of drug-likeness (QED) is 0.637. The van der Waals surface area contributed by atoms with E-state index in [2.05, 4.69) is 62.2 Å². The van der Waals surface area contributed by atoms with E-state index in [-0.39, 0.29) is 12.0 Å². The van der Waals surface area contributed by atoms with Crippen molar-refractivity contribution in [1.29, 1.82) is 0 Å². The first-order valence-electron chi connectivity index (χ1n) is 8.80. The van der Waals surface area contributed by atoms with Crippen molar-refractivity contribution < 1.29 is 9.53 Å². The molecule has 0 saturated heterocycles. The molecule has 0 spiro atoms. The van der Waals surface area contributed by atoms with E-state index >= 15 is 0 Å². The Kier molecular flexibility index (Phi) is 4.83. The van der Waals surface area contributed by atoms with E-state index in [1.807, 2.05) is 12.1 Å². The van der Waals surface area contributed by atoms with Gasteiger partial charge in [-0.15, -0.1) is 0 Å². The fourth-order valence-corrected chi connectivity index (χ4v) is 4.23. The van der Waals surface area contributed by atoms with Crippen LogP contribution >= 0.6 is 15.9 Å². The predicted octanol–water partition coefficient (Wildman–Crippen LogP) is 4.59. The molecule has 134 valence electrons. The van der Waals surface area contributed by atoms with Crippen molar-refractivity contribution in [1.82, 2.24) is 9.88 Å². The van der Waals surface area contributed by atoms with Crippen molar-refractivity contribution in [3.8, 4) is 0 Å². The second-order valence-electron chi connectivity index (χ2n) is 6.71. The topological polar surface area (TPSA) is 45.3 Å². The summed E-state index contributed by atoms with van der Waals surface area (Å²) in [5.74, 6) is -0.180. The Hall–Kier alpha value is -2.11. The SMILES string of the molecule is COC(=O)CC1c2[nH]c3ccc(Br)cc3c2CCN1Cc1ccccc1. The number of hydrogen-bond donors (Lipinski definition) is 1. The molecule has 1 aliphatic heterocycles. The normalized spacial score (nSPS) is 17.2. The summed E-state index contributed by atoms with van der Waals surface area (Å²) in [4.78, 5) is 18.0. The highest BCUT2D eigenvalue weighted by atomic mass is 79.9. The number of esters is 1. The van der Waals surface area contributed by atoms with Gasteiger partial charge in [0.05, 0.1) is 19.6 Å². The number of ether oxygens (including phenoxy) is 1. The number of hydrogen-bond acceptors (Lipinski definition) is 3. The fourth-order valence-electron chi connectivity index (χ4n) is 3.87. The van der Waals surface area contributed by atoms with Crippen LogP contribution in [0.2, 0.25) is 0 Å². The molecular weight excluding hydrogens is 392 g/mol. The first kappa shape index (κ1) is 17.3. The minimum atomic E-state index is -0.180. The number of aromatic amines is 1. The van der Waals surface area contributed by atoms with Crippen molar-refractivity contribution in [3.05, 3.63) is 69.8 Å². The number of benzene rings is 2. The molecule has 1 aliphatic rings. The molecule has 2 aromatic carbocycles. The van der Waals surface area contributed by atoms with Crippen LogP contribution in [0.1, 0.15) is 29.3 Å². The summed E-state index contributed by atoms with van der Waals surface area (Å²) in [7, 11) is 1.45. The van der Waals surface area contributed by atoms with Crippen molar-refractivity contribution >= 4 is 32.8 Å². The zero-order valence-electron chi connectivity index (χ0n) is 14.7. The number of fused-ring (bicyclic) bond motifs is 3. The monoisotopic (exact) mass is 412 g/mol. The van der Waals surface area contributed by atoms with Crippen molar-refractivity contribution in [2.45, 2.75) is 25.4 Å². The van der Waals surface area contributed by atoms with E-state index in [1.165, 1.54) is 23.6 Å². The van der Waals surface area contributed by atoms with Gasteiger partial charge in [0.25, 0.3) is 0 Å². The van der Waals surface area contributed by atoms with Crippen molar-refractivity contribution in [2.24, 2.45) is 0 Å². The smallest absolute Gasteiger partial charge is 0.307 e. The van der Waals surface area contributed by atoms with Crippen LogP contribution in [0.4, 0.5) is 0 Å². The van der Waals surface area contributed by atoms with Crippen LogP contribution in [-0.2, 0) is 22.5 Å². The molecule has 5 heteroatoms. The molecule has 2 heterocycles. The lowest BCUT2D eigenvalue weighted by Gasteiger charge is -2.35. The largest absolute Gasteiger partial charge is 0.469 e. The van der Waals surface area contributed by atoms with Crippen molar-refractivity contribution in [3.63, 3.8) is 0 Å². The first-order valence-corrected chi connectivity index (χ1v) is 9.60. The molecule has 26 heavy (non-hydrogen) atoms. The average molecular weight is 413 g/mol. The lowest BCUT2D eigenvalue weighted by Crippen LogP contribution is -2.36. The van der Waals surface area contributed by atoms with E-state index in [9.17, 15) is 4.79 Å². The lowest BCUT2D eigenvalue weighted by molar-refractivity contribution is -0.142. The number of nitrogens with one attached hydrogen (secondary N) is 1. The number of nitrogens with zero attached hydrogens (tertiary/aromatic N) is 1. The van der Waals surface area contributed by atoms with Gasteiger partial charge in [0, 0.05) is 34.2 Å². The number of H-pyrrole nitrogens is 1. The minimum absolute atomic E-state index is 0.00224. The fraction of sp³-hybridized carbons (Fsp3) is 0.286. The van der Waals surface area contributed by atoms with Gasteiger partial charge in [0.15, 0.2) is 0 Å². The molecule has 0 fully saturated rings. The van der Waals surface area contributed by atoms with Crippen LogP contribution in [0.3, 0.4) is 0 Å². The van der Waals surface area contributed by atoms with Crippen molar-refractivity contribution in [2.75, 3.05) is 13.7 Å². The summed E-state index contributed by atoms with van der Waals surface area (Å²) >= 11 is 3.57. The standard InChI is InChI=1S/C21H21BrN2O2/c1-26-20(25)12-19-21-16(17-11-15(22)7-8-18(17)23-21)9-10-24(19)13-14-5-3-2-4-6-14/h2-8,11,19,23H,9-10,12-13H2,1H3. The van der Waals surface area contributed by atoms with Crippen LogP contribution in [0.25, 0.3) is 10.9 Å². The van der Waals surface area contributed by atoms with Crippen LogP contribution in [0.5, 0.6) is 0 Å². The zero-order valence-corrected chi connectivity index (χ0v) is 16.3. The molecule has 4 nitrogen and oxygen atoms in total. The maximum atomic E-state index is 12.1. The first-order chi connectivity index (χ1) is 12.7. The van der Waals surface area contributed by atoms with E-state index < -0.39 is 0 Å². The van der Waals surface area contributed by atoms with Gasteiger partial charge in [-0.25, -0.2) is 0 Å². The Labute approximate surface area is 161 Å². The summed E-state index contributed by atoms with van der Waals surface area (Å²) in [5.41, 5.74) is 4.84. The number of carbonyl (C=O) groups excluding carboxylic acids is 1. The van der Waals surface area contributed by atoms with Gasteiger partial charge >= 0.3 is 5.97 Å². The summed E-state index contributed by atoms with van der Waals surface area (Å²) in [6, 6.07) is 16.7. The van der Waals surface area contributed by atoms with Gasteiger partial charge in [-0.05, 0) is 35.7 Å². The minimum Gasteiger partial charge on any atom is -0.469 e. The molecular formula is C21H21BrN2O2. The van der Waals surface area contributed by atoms with E-state index in [4.69, 9.17) is 4.74 Å². The molecule has 0 bridgehead atoms. The van der Waals surface area contributed by atoms with E-state index in [0.29, 0.717) is 6.42 Å². The molecule has 0 saturated carbocycles. The third kappa shape index (κ3) is 3.29. The lowest BCUT2D eigenvalue weighted by atomic mass is 9.94. The second-order valence-corrected chi connectivity index (χ2v) is 7.62. The molecule has 0 aliphatic carbocycles. The van der Waals surface area contributed by atoms with Gasteiger partial charge in [0.2, 0.25) is 0 Å². The Morgan fingerprint density at radius 3 is 2.85 bits per heavy atom.